The number of aromatic amines is 1. The second kappa shape index (κ2) is 5.16. The molecule has 2 heterocycles. The number of aromatic nitrogens is 2. The summed E-state index contributed by atoms with van der Waals surface area (Å²) in [7, 11) is 0. The van der Waals surface area contributed by atoms with Crippen LogP contribution in [0.2, 0.25) is 0 Å². The Kier molecular flexibility index (Phi) is 3.20. The first-order valence-electron chi connectivity index (χ1n) is 6.43. The summed E-state index contributed by atoms with van der Waals surface area (Å²) in [5.74, 6) is 0.133. The van der Waals surface area contributed by atoms with Crippen molar-refractivity contribution >= 4 is 17.6 Å². The van der Waals surface area contributed by atoms with Crippen LogP contribution in [-0.4, -0.2) is 28.1 Å². The lowest BCUT2D eigenvalue weighted by Crippen LogP contribution is -2.37. The van der Waals surface area contributed by atoms with E-state index in [1.54, 1.807) is 6.07 Å². The molecule has 0 radical (unpaired) electrons. The molecule has 6 heteroatoms. The maximum absolute atomic E-state index is 11.9. The van der Waals surface area contributed by atoms with E-state index in [1.807, 2.05) is 30.3 Å². The smallest absolute Gasteiger partial charge is 0.248 e. The Labute approximate surface area is 115 Å². The number of hydrogen-bond acceptors (Lipinski definition) is 3. The standard InChI is InChI=1S/C14H14N4O2/c19-13-7-6-10(15-13)14(20)16-12-8-11(17-18-12)9-4-2-1-3-5-9/h1-5,8,10H,6-7H2,(H,15,19)(H2,16,17,18,20). The fourth-order valence-electron chi connectivity index (χ4n) is 2.18. The molecule has 1 aromatic heterocycles. The predicted octanol–water partition coefficient (Wildman–Crippen LogP) is 1.29. The van der Waals surface area contributed by atoms with Crippen LogP contribution in [0.25, 0.3) is 11.3 Å². The molecular weight excluding hydrogens is 256 g/mol. The molecule has 1 saturated heterocycles. The number of hydrogen-bond donors (Lipinski definition) is 3. The zero-order valence-electron chi connectivity index (χ0n) is 10.7. The van der Waals surface area contributed by atoms with Crippen LogP contribution in [-0.2, 0) is 9.59 Å². The molecule has 3 N–H and O–H groups in total. The molecule has 6 nitrogen and oxygen atoms in total. The molecule has 0 bridgehead atoms. The minimum Gasteiger partial charge on any atom is -0.344 e. The number of carbonyl (C=O) groups excluding carboxylic acids is 2. The maximum atomic E-state index is 11.9. The fraction of sp³-hybridized carbons (Fsp3) is 0.214. The van der Waals surface area contributed by atoms with Crippen LogP contribution in [0.1, 0.15) is 12.8 Å². The number of benzene rings is 1. The van der Waals surface area contributed by atoms with E-state index in [4.69, 9.17) is 0 Å². The Bertz CT molecular complexity index is 636. The van der Waals surface area contributed by atoms with Crippen LogP contribution in [0.3, 0.4) is 0 Å². The molecule has 0 spiro atoms. The van der Waals surface area contributed by atoms with E-state index in [0.29, 0.717) is 18.7 Å². The molecule has 1 atom stereocenters. The van der Waals surface area contributed by atoms with Gasteiger partial charge in [-0.1, -0.05) is 30.3 Å². The number of H-pyrrole nitrogens is 1. The van der Waals surface area contributed by atoms with E-state index in [0.717, 1.165) is 11.3 Å². The van der Waals surface area contributed by atoms with Gasteiger partial charge in [0.25, 0.3) is 0 Å². The third-order valence-electron chi connectivity index (χ3n) is 3.23. The van der Waals surface area contributed by atoms with Gasteiger partial charge in [-0.25, -0.2) is 0 Å². The molecule has 1 unspecified atom stereocenters. The Hall–Kier alpha value is -2.63. The van der Waals surface area contributed by atoms with Crippen LogP contribution in [0.15, 0.2) is 36.4 Å². The van der Waals surface area contributed by atoms with Crippen molar-refractivity contribution in [2.45, 2.75) is 18.9 Å². The van der Waals surface area contributed by atoms with Crippen LogP contribution in [0.4, 0.5) is 5.82 Å². The number of nitrogens with zero attached hydrogens (tertiary/aromatic N) is 1. The first kappa shape index (κ1) is 12.4. The highest BCUT2D eigenvalue weighted by atomic mass is 16.2. The summed E-state index contributed by atoms with van der Waals surface area (Å²) in [6.45, 7) is 0. The zero-order chi connectivity index (χ0) is 13.9. The molecular formula is C14H14N4O2. The third-order valence-corrected chi connectivity index (χ3v) is 3.23. The van der Waals surface area contributed by atoms with Gasteiger partial charge in [-0.05, 0) is 12.0 Å². The van der Waals surface area contributed by atoms with Gasteiger partial charge in [-0.3, -0.25) is 14.7 Å². The topological polar surface area (TPSA) is 86.9 Å². The van der Waals surface area contributed by atoms with Crippen molar-refractivity contribution < 1.29 is 9.59 Å². The minimum atomic E-state index is -0.459. The van der Waals surface area contributed by atoms with E-state index in [1.165, 1.54) is 0 Å². The van der Waals surface area contributed by atoms with Gasteiger partial charge in [0.05, 0.1) is 5.69 Å². The van der Waals surface area contributed by atoms with Gasteiger partial charge < -0.3 is 10.6 Å². The second-order valence-electron chi connectivity index (χ2n) is 4.68. The SMILES string of the molecule is O=C1CCC(C(=O)Nc2cc(-c3ccccc3)[nH]n2)N1. The minimum absolute atomic E-state index is 0.0860. The fourth-order valence-corrected chi connectivity index (χ4v) is 2.18. The summed E-state index contributed by atoms with van der Waals surface area (Å²) in [4.78, 5) is 23.0. The lowest BCUT2D eigenvalue weighted by molar-refractivity contribution is -0.122. The first-order chi connectivity index (χ1) is 9.72. The Morgan fingerprint density at radius 3 is 2.80 bits per heavy atom. The quantitative estimate of drug-likeness (QED) is 0.785. The molecule has 102 valence electrons. The summed E-state index contributed by atoms with van der Waals surface area (Å²) >= 11 is 0. The summed E-state index contributed by atoms with van der Waals surface area (Å²) in [5.41, 5.74) is 1.83. The third kappa shape index (κ3) is 2.54. The van der Waals surface area contributed by atoms with Crippen LogP contribution >= 0.6 is 0 Å². The van der Waals surface area contributed by atoms with Gasteiger partial charge in [-0.2, -0.15) is 5.10 Å². The number of amides is 2. The van der Waals surface area contributed by atoms with E-state index >= 15 is 0 Å². The molecule has 1 aromatic carbocycles. The van der Waals surface area contributed by atoms with Crippen LogP contribution < -0.4 is 10.6 Å². The Morgan fingerprint density at radius 1 is 1.30 bits per heavy atom. The van der Waals surface area contributed by atoms with E-state index < -0.39 is 6.04 Å². The molecule has 2 amide bonds. The van der Waals surface area contributed by atoms with Crippen LogP contribution in [0.5, 0.6) is 0 Å². The highest BCUT2D eigenvalue weighted by molar-refractivity contribution is 5.98. The predicted molar refractivity (Wildman–Crippen MR) is 73.8 cm³/mol. The second-order valence-corrected chi connectivity index (χ2v) is 4.68. The zero-order valence-corrected chi connectivity index (χ0v) is 10.7. The summed E-state index contributed by atoms with van der Waals surface area (Å²) in [6.07, 6.45) is 0.925. The van der Waals surface area contributed by atoms with Gasteiger partial charge in [0, 0.05) is 12.5 Å². The van der Waals surface area contributed by atoms with Crippen molar-refractivity contribution in [3.63, 3.8) is 0 Å². The van der Waals surface area contributed by atoms with Gasteiger partial charge in [0.2, 0.25) is 11.8 Å². The van der Waals surface area contributed by atoms with Crippen molar-refractivity contribution in [2.75, 3.05) is 5.32 Å². The largest absolute Gasteiger partial charge is 0.344 e. The Balaban J connectivity index is 1.68. The van der Waals surface area contributed by atoms with Crippen LogP contribution in [0, 0.1) is 0 Å². The lowest BCUT2D eigenvalue weighted by Gasteiger charge is -2.08. The summed E-state index contributed by atoms with van der Waals surface area (Å²) < 4.78 is 0. The number of anilines is 1. The molecule has 1 aliphatic heterocycles. The highest BCUT2D eigenvalue weighted by Gasteiger charge is 2.27. The average molecular weight is 270 g/mol. The Morgan fingerprint density at radius 2 is 2.10 bits per heavy atom. The van der Waals surface area contributed by atoms with E-state index in [-0.39, 0.29) is 11.8 Å². The molecule has 0 aliphatic carbocycles. The molecule has 2 aromatic rings. The highest BCUT2D eigenvalue weighted by Crippen LogP contribution is 2.19. The van der Waals surface area contributed by atoms with Gasteiger partial charge in [-0.15, -0.1) is 0 Å². The number of nitrogens with one attached hydrogen (secondary N) is 3. The summed E-state index contributed by atoms with van der Waals surface area (Å²) in [5, 5.41) is 12.2. The van der Waals surface area contributed by atoms with Gasteiger partial charge in [0.1, 0.15) is 6.04 Å². The van der Waals surface area contributed by atoms with Crippen molar-refractivity contribution in [2.24, 2.45) is 0 Å². The van der Waals surface area contributed by atoms with E-state index in [2.05, 4.69) is 20.8 Å². The monoisotopic (exact) mass is 270 g/mol. The maximum Gasteiger partial charge on any atom is 0.248 e. The van der Waals surface area contributed by atoms with Crippen molar-refractivity contribution in [3.8, 4) is 11.3 Å². The van der Waals surface area contributed by atoms with Gasteiger partial charge >= 0.3 is 0 Å². The number of rotatable bonds is 3. The van der Waals surface area contributed by atoms with Crippen molar-refractivity contribution in [3.05, 3.63) is 36.4 Å². The molecule has 20 heavy (non-hydrogen) atoms. The molecule has 0 saturated carbocycles. The molecule has 1 fully saturated rings. The lowest BCUT2D eigenvalue weighted by atomic mass is 10.1. The van der Waals surface area contributed by atoms with E-state index in [9.17, 15) is 9.59 Å². The number of carbonyl (C=O) groups is 2. The molecule has 3 rings (SSSR count). The van der Waals surface area contributed by atoms with Crippen molar-refractivity contribution in [1.29, 1.82) is 0 Å². The average Bonchev–Trinajstić information content (AvgIpc) is 3.09. The first-order valence-corrected chi connectivity index (χ1v) is 6.43. The van der Waals surface area contributed by atoms with Crippen molar-refractivity contribution in [1.82, 2.24) is 15.5 Å². The van der Waals surface area contributed by atoms with Gasteiger partial charge in [0.15, 0.2) is 5.82 Å². The summed E-state index contributed by atoms with van der Waals surface area (Å²) in [6, 6.07) is 11.0. The molecule has 1 aliphatic rings. The normalized spacial score (nSPS) is 17.8.